The smallest absolute Gasteiger partial charge is 0.143 e. The van der Waals surface area contributed by atoms with Gasteiger partial charge >= 0.3 is 0 Å². The van der Waals surface area contributed by atoms with E-state index in [0.717, 1.165) is 34.3 Å². The number of hydrogen-bond acceptors (Lipinski definition) is 2. The molecule has 2 nitrogen and oxygen atoms in total. The lowest BCUT2D eigenvalue weighted by Crippen LogP contribution is -2.17. The average molecular weight is 945 g/mol. The molecule has 73 heavy (non-hydrogen) atoms. The first kappa shape index (κ1) is 44.1. The quantitative estimate of drug-likeness (QED) is 0.161. The maximum atomic E-state index is 6.82. The third-order valence-electron chi connectivity index (χ3n) is 17.6. The molecule has 0 spiro atoms. The van der Waals surface area contributed by atoms with Crippen molar-refractivity contribution in [3.8, 4) is 44.5 Å². The zero-order chi connectivity index (χ0) is 50.1. The van der Waals surface area contributed by atoms with Gasteiger partial charge in [0.05, 0.1) is 0 Å². The monoisotopic (exact) mass is 944 g/mol. The van der Waals surface area contributed by atoms with Crippen LogP contribution in [0.25, 0.3) is 100 Å². The van der Waals surface area contributed by atoms with Gasteiger partial charge in [-0.2, -0.15) is 0 Å². The molecule has 0 aliphatic heterocycles. The van der Waals surface area contributed by atoms with Gasteiger partial charge in [-0.05, 0) is 161 Å². The Labute approximate surface area is 429 Å². The van der Waals surface area contributed by atoms with Gasteiger partial charge in [-0.15, -0.1) is 0 Å². The van der Waals surface area contributed by atoms with Gasteiger partial charge in [-0.1, -0.05) is 196 Å². The third kappa shape index (κ3) is 6.23. The molecule has 0 radical (unpaired) electrons. The number of allylic oxidation sites excluding steroid dienone is 1. The average Bonchev–Trinajstić information content (AvgIpc) is 4.14. The van der Waals surface area contributed by atoms with Gasteiger partial charge in [0.25, 0.3) is 0 Å². The number of hydrogen-bond donors (Lipinski definition) is 0. The summed E-state index contributed by atoms with van der Waals surface area (Å²) in [4.78, 5) is 0. The van der Waals surface area contributed by atoms with Gasteiger partial charge in [-0.25, -0.2) is 0 Å². The number of para-hydroxylation sites is 2. The van der Waals surface area contributed by atoms with Gasteiger partial charge in [0.2, 0.25) is 0 Å². The van der Waals surface area contributed by atoms with Gasteiger partial charge < -0.3 is 8.83 Å². The van der Waals surface area contributed by atoms with E-state index in [9.17, 15) is 0 Å². The van der Waals surface area contributed by atoms with Crippen molar-refractivity contribution >= 4 is 55.5 Å². The molecule has 2 aromatic heterocycles. The van der Waals surface area contributed by atoms with Crippen molar-refractivity contribution in [1.82, 2.24) is 0 Å². The van der Waals surface area contributed by atoms with Crippen LogP contribution in [0.2, 0.25) is 0 Å². The minimum atomic E-state index is -0.247. The summed E-state index contributed by atoms with van der Waals surface area (Å²) in [5.41, 5.74) is 29.6. The van der Waals surface area contributed by atoms with E-state index >= 15 is 0 Å². The maximum absolute atomic E-state index is 6.82. The second-order valence-electron chi connectivity index (χ2n) is 24.1. The molecule has 0 bridgehead atoms. The molecule has 2 heterocycles. The second-order valence-corrected chi connectivity index (χ2v) is 24.1. The minimum Gasteiger partial charge on any atom is -0.456 e. The molecule has 0 atom stereocenters. The van der Waals surface area contributed by atoms with E-state index in [-0.39, 0.29) is 21.7 Å². The Morgan fingerprint density at radius 2 is 1.04 bits per heavy atom. The largest absolute Gasteiger partial charge is 0.456 e. The second kappa shape index (κ2) is 15.0. The van der Waals surface area contributed by atoms with Crippen LogP contribution >= 0.6 is 0 Å². The fourth-order valence-electron chi connectivity index (χ4n) is 13.5. The molecule has 356 valence electrons. The number of benzene rings is 9. The zero-order valence-electron chi connectivity index (χ0n) is 43.7. The number of fused-ring (bicyclic) bond motifs is 17. The molecular weight excluding hydrogens is 885 g/mol. The highest BCUT2D eigenvalue weighted by molar-refractivity contribution is 6.19. The first-order valence-corrected chi connectivity index (χ1v) is 26.3. The molecule has 0 N–H and O–H groups in total. The van der Waals surface area contributed by atoms with Crippen molar-refractivity contribution in [1.29, 1.82) is 0 Å². The van der Waals surface area contributed by atoms with E-state index in [2.05, 4.69) is 239 Å². The van der Waals surface area contributed by atoms with Crippen molar-refractivity contribution in [2.24, 2.45) is 0 Å². The van der Waals surface area contributed by atoms with Crippen molar-refractivity contribution in [3.05, 3.63) is 225 Å². The van der Waals surface area contributed by atoms with Gasteiger partial charge in [-0.3, -0.25) is 0 Å². The first-order valence-electron chi connectivity index (χ1n) is 26.3. The van der Waals surface area contributed by atoms with E-state index in [1.165, 1.54) is 127 Å². The normalized spacial score (nSPS) is 15.7. The summed E-state index contributed by atoms with van der Waals surface area (Å²) in [6.07, 6.45) is 3.27. The Balaban J connectivity index is 0.881. The van der Waals surface area contributed by atoms with Gasteiger partial charge in [0.1, 0.15) is 22.3 Å². The molecule has 11 aromatic rings. The van der Waals surface area contributed by atoms with Gasteiger partial charge in [0, 0.05) is 43.4 Å². The molecule has 3 aliphatic carbocycles. The third-order valence-corrected chi connectivity index (χ3v) is 17.6. The maximum Gasteiger partial charge on any atom is 0.143 e. The van der Waals surface area contributed by atoms with Crippen LogP contribution < -0.4 is 0 Å². The summed E-state index contributed by atoms with van der Waals surface area (Å²) in [5.74, 6) is 0. The highest BCUT2D eigenvalue weighted by atomic mass is 16.3. The molecule has 3 aliphatic rings. The standard InChI is InChI=1S/C71H60O2/c1-40-17-11-12-18-46(40)52-38-59-63(66-50-20-14-16-22-61(50)73-67(52)66)48-30-24-42(36-56(48)71(59,9)10)34-44(43-25-27-45(28-26-43)68(2,3)4)33-41-23-29-47-51-37-58-53(39-57(51)70(7,8)55(47)35-41)64-54(69(58,5)6)31-32-62-65(64)49-19-13-15-21-60(49)72-62/h11-32,34-39H,33H2,1-10H3/b44-34-. The Kier molecular flexibility index (Phi) is 9.02. The molecule has 0 amide bonds. The summed E-state index contributed by atoms with van der Waals surface area (Å²) in [7, 11) is 0. The SMILES string of the molecule is Cc1ccccc1-c1cc2c(c3c1oc1ccccc13)-c1ccc(/C=C(/Cc3ccc4c(c3)C(C)(C)c3cc5c(cc3-4)C(C)(C)c3ccc4oc6ccccc6c4c3-5)c3ccc(C(C)(C)C)cc3)cc1C2(C)C. The number of aryl methyl sites for hydroxylation is 1. The molecule has 9 aromatic carbocycles. The predicted molar refractivity (Wildman–Crippen MR) is 307 cm³/mol. The van der Waals surface area contributed by atoms with Crippen LogP contribution in [-0.4, -0.2) is 0 Å². The van der Waals surface area contributed by atoms with Crippen LogP contribution in [0.5, 0.6) is 0 Å². The summed E-state index contributed by atoms with van der Waals surface area (Å²) < 4.78 is 13.3. The Morgan fingerprint density at radius 1 is 0.452 bits per heavy atom. The Bertz CT molecular complexity index is 4220. The summed E-state index contributed by atoms with van der Waals surface area (Å²) in [6.45, 7) is 23.6. The Hall–Kier alpha value is -7.68. The van der Waals surface area contributed by atoms with E-state index < -0.39 is 0 Å². The van der Waals surface area contributed by atoms with Crippen LogP contribution in [0.15, 0.2) is 173 Å². The van der Waals surface area contributed by atoms with Crippen LogP contribution in [0.3, 0.4) is 0 Å². The minimum absolute atomic E-state index is 0.0597. The lowest BCUT2D eigenvalue weighted by Gasteiger charge is -2.24. The zero-order valence-corrected chi connectivity index (χ0v) is 43.7. The van der Waals surface area contributed by atoms with Crippen LogP contribution in [0.4, 0.5) is 0 Å². The summed E-state index contributed by atoms with van der Waals surface area (Å²) >= 11 is 0. The van der Waals surface area contributed by atoms with Crippen molar-refractivity contribution in [2.75, 3.05) is 0 Å². The van der Waals surface area contributed by atoms with E-state index in [4.69, 9.17) is 8.83 Å². The molecule has 0 fully saturated rings. The Morgan fingerprint density at radius 3 is 1.79 bits per heavy atom. The molecule has 14 rings (SSSR count). The molecular formula is C71H60O2. The summed E-state index contributed by atoms with van der Waals surface area (Å²) in [6, 6.07) is 61.7. The van der Waals surface area contributed by atoms with Crippen molar-refractivity contribution < 1.29 is 8.83 Å². The van der Waals surface area contributed by atoms with Crippen molar-refractivity contribution in [2.45, 2.75) is 97.3 Å². The highest BCUT2D eigenvalue weighted by Crippen LogP contribution is 2.59. The molecule has 0 saturated heterocycles. The molecule has 0 unspecified atom stereocenters. The van der Waals surface area contributed by atoms with E-state index in [0.29, 0.717) is 0 Å². The summed E-state index contributed by atoms with van der Waals surface area (Å²) in [5, 5.41) is 4.80. The predicted octanol–water partition coefficient (Wildman–Crippen LogP) is 19.5. The van der Waals surface area contributed by atoms with Crippen LogP contribution in [0.1, 0.15) is 124 Å². The van der Waals surface area contributed by atoms with Crippen molar-refractivity contribution in [3.63, 3.8) is 0 Å². The molecule has 0 saturated carbocycles. The van der Waals surface area contributed by atoms with Crippen LogP contribution in [0, 0.1) is 6.92 Å². The lowest BCUT2D eigenvalue weighted by atomic mass is 9.79. The van der Waals surface area contributed by atoms with Gasteiger partial charge in [0.15, 0.2) is 0 Å². The lowest BCUT2D eigenvalue weighted by molar-refractivity contribution is 0.590. The highest BCUT2D eigenvalue weighted by Gasteiger charge is 2.43. The topological polar surface area (TPSA) is 26.3 Å². The van der Waals surface area contributed by atoms with E-state index in [1.54, 1.807) is 0 Å². The molecule has 2 heteroatoms. The first-order chi connectivity index (χ1) is 35.0. The fraction of sp³-hybridized carbons (Fsp3) is 0.211. The van der Waals surface area contributed by atoms with Crippen LogP contribution in [-0.2, 0) is 28.1 Å². The van der Waals surface area contributed by atoms with E-state index in [1.807, 2.05) is 0 Å². The number of furan rings is 2. The fourth-order valence-corrected chi connectivity index (χ4v) is 13.5. The number of rotatable bonds is 5.